The lowest BCUT2D eigenvalue weighted by molar-refractivity contribution is -0.119. The summed E-state index contributed by atoms with van der Waals surface area (Å²) in [5.74, 6) is -0.230. The Balaban J connectivity index is 2.69. The standard InChI is InChI=1S/C11H14N2O3/c1-16-8-4-2-7(3-5-8)10(14)6-9(12)11(13)15/h2-5,9H,6,12H2,1H3,(H2,13,15). The third-order valence-corrected chi connectivity index (χ3v) is 2.18. The summed E-state index contributed by atoms with van der Waals surface area (Å²) in [7, 11) is 1.54. The van der Waals surface area contributed by atoms with E-state index in [1.165, 1.54) is 0 Å². The number of primary amides is 1. The largest absolute Gasteiger partial charge is 0.497 e. The number of rotatable bonds is 5. The first-order chi connectivity index (χ1) is 7.54. The minimum atomic E-state index is -0.936. The van der Waals surface area contributed by atoms with E-state index in [4.69, 9.17) is 16.2 Å². The van der Waals surface area contributed by atoms with E-state index < -0.39 is 11.9 Å². The van der Waals surface area contributed by atoms with Crippen LogP contribution < -0.4 is 16.2 Å². The van der Waals surface area contributed by atoms with Gasteiger partial charge in [-0.2, -0.15) is 0 Å². The first-order valence-corrected chi connectivity index (χ1v) is 4.76. The van der Waals surface area contributed by atoms with Crippen molar-refractivity contribution in [2.75, 3.05) is 7.11 Å². The molecule has 5 heteroatoms. The molecule has 1 unspecified atom stereocenters. The summed E-state index contributed by atoms with van der Waals surface area (Å²) in [6, 6.07) is 5.64. The van der Waals surface area contributed by atoms with Crippen LogP contribution in [0.1, 0.15) is 16.8 Å². The molecule has 1 aromatic carbocycles. The van der Waals surface area contributed by atoms with Gasteiger partial charge in [-0.25, -0.2) is 0 Å². The molecule has 0 saturated carbocycles. The smallest absolute Gasteiger partial charge is 0.234 e. The van der Waals surface area contributed by atoms with Gasteiger partial charge in [-0.1, -0.05) is 0 Å². The van der Waals surface area contributed by atoms with Gasteiger partial charge in [0.1, 0.15) is 5.75 Å². The van der Waals surface area contributed by atoms with Crippen molar-refractivity contribution in [2.45, 2.75) is 12.5 Å². The molecule has 0 spiro atoms. The summed E-state index contributed by atoms with van der Waals surface area (Å²) in [5.41, 5.74) is 10.8. The van der Waals surface area contributed by atoms with E-state index >= 15 is 0 Å². The zero-order valence-electron chi connectivity index (χ0n) is 8.97. The number of methoxy groups -OCH3 is 1. The molecule has 0 fully saturated rings. The van der Waals surface area contributed by atoms with Crippen molar-refractivity contribution >= 4 is 11.7 Å². The predicted octanol–water partition coefficient (Wildman–Crippen LogP) is 0.0806. The highest BCUT2D eigenvalue weighted by Gasteiger charge is 2.15. The number of hydrogen-bond donors (Lipinski definition) is 2. The van der Waals surface area contributed by atoms with E-state index in [0.717, 1.165) is 0 Å². The lowest BCUT2D eigenvalue weighted by Crippen LogP contribution is -2.38. The minimum Gasteiger partial charge on any atom is -0.497 e. The Labute approximate surface area is 93.4 Å². The highest BCUT2D eigenvalue weighted by atomic mass is 16.5. The van der Waals surface area contributed by atoms with Crippen LogP contribution in [0.3, 0.4) is 0 Å². The van der Waals surface area contributed by atoms with Crippen LogP contribution >= 0.6 is 0 Å². The van der Waals surface area contributed by atoms with Crippen molar-refractivity contribution in [3.05, 3.63) is 29.8 Å². The zero-order chi connectivity index (χ0) is 12.1. The van der Waals surface area contributed by atoms with Gasteiger partial charge in [-0.15, -0.1) is 0 Å². The van der Waals surface area contributed by atoms with Crippen molar-refractivity contribution in [1.29, 1.82) is 0 Å². The van der Waals surface area contributed by atoms with Crippen molar-refractivity contribution in [2.24, 2.45) is 11.5 Å². The van der Waals surface area contributed by atoms with Gasteiger partial charge in [0.2, 0.25) is 5.91 Å². The molecule has 16 heavy (non-hydrogen) atoms. The van der Waals surface area contributed by atoms with Crippen LogP contribution in [-0.4, -0.2) is 24.8 Å². The second-order valence-corrected chi connectivity index (χ2v) is 3.36. The van der Waals surface area contributed by atoms with Crippen LogP contribution in [0.4, 0.5) is 0 Å². The quantitative estimate of drug-likeness (QED) is 0.689. The Bertz CT molecular complexity index is 387. The molecule has 0 aliphatic rings. The molecule has 0 aliphatic heterocycles. The third-order valence-electron chi connectivity index (χ3n) is 2.18. The fraction of sp³-hybridized carbons (Fsp3) is 0.273. The van der Waals surface area contributed by atoms with Gasteiger partial charge in [0.25, 0.3) is 0 Å². The Kier molecular flexibility index (Phi) is 4.02. The average molecular weight is 222 g/mol. The number of ketones is 1. The SMILES string of the molecule is COc1ccc(C(=O)CC(N)C(N)=O)cc1. The van der Waals surface area contributed by atoms with Gasteiger partial charge in [0, 0.05) is 12.0 Å². The molecule has 0 bridgehead atoms. The highest BCUT2D eigenvalue weighted by Crippen LogP contribution is 2.13. The molecule has 4 N–H and O–H groups in total. The Morgan fingerprint density at radius 1 is 1.31 bits per heavy atom. The van der Waals surface area contributed by atoms with Crippen molar-refractivity contribution in [3.63, 3.8) is 0 Å². The van der Waals surface area contributed by atoms with E-state index in [9.17, 15) is 9.59 Å². The Morgan fingerprint density at radius 3 is 2.31 bits per heavy atom. The van der Waals surface area contributed by atoms with Crippen LogP contribution in [0.2, 0.25) is 0 Å². The van der Waals surface area contributed by atoms with Crippen molar-refractivity contribution in [3.8, 4) is 5.75 Å². The number of hydrogen-bond acceptors (Lipinski definition) is 4. The van der Waals surface area contributed by atoms with E-state index in [1.54, 1.807) is 31.4 Å². The number of carbonyl (C=O) groups excluding carboxylic acids is 2. The lowest BCUT2D eigenvalue weighted by Gasteiger charge is -2.06. The zero-order valence-corrected chi connectivity index (χ0v) is 8.97. The molecule has 0 aliphatic carbocycles. The van der Waals surface area contributed by atoms with Gasteiger partial charge in [0.15, 0.2) is 5.78 Å². The maximum absolute atomic E-state index is 11.6. The maximum atomic E-state index is 11.6. The van der Waals surface area contributed by atoms with Crippen LogP contribution in [0.15, 0.2) is 24.3 Å². The molecule has 0 radical (unpaired) electrons. The van der Waals surface area contributed by atoms with E-state index in [2.05, 4.69) is 0 Å². The molecule has 1 atom stereocenters. The fourth-order valence-corrected chi connectivity index (χ4v) is 1.20. The second kappa shape index (κ2) is 5.27. The number of Topliss-reactive ketones (excluding diaryl/α,β-unsaturated/α-hetero) is 1. The molecule has 0 aromatic heterocycles. The van der Waals surface area contributed by atoms with Crippen molar-refractivity contribution < 1.29 is 14.3 Å². The lowest BCUT2D eigenvalue weighted by atomic mass is 10.0. The molecule has 86 valence electrons. The molecule has 5 nitrogen and oxygen atoms in total. The number of benzene rings is 1. The molecule has 1 amide bonds. The monoisotopic (exact) mass is 222 g/mol. The van der Waals surface area contributed by atoms with E-state index in [0.29, 0.717) is 11.3 Å². The number of amides is 1. The molecule has 0 heterocycles. The topological polar surface area (TPSA) is 95.4 Å². The maximum Gasteiger partial charge on any atom is 0.234 e. The number of nitrogens with two attached hydrogens (primary N) is 2. The van der Waals surface area contributed by atoms with Crippen LogP contribution in [0.5, 0.6) is 5.75 Å². The third kappa shape index (κ3) is 3.06. The van der Waals surface area contributed by atoms with Crippen LogP contribution in [0.25, 0.3) is 0 Å². The minimum absolute atomic E-state index is 0.0817. The summed E-state index contributed by atoms with van der Waals surface area (Å²) in [6.45, 7) is 0. The Hall–Kier alpha value is -1.88. The normalized spacial score (nSPS) is 11.9. The molecule has 0 saturated heterocycles. The van der Waals surface area contributed by atoms with E-state index in [1.807, 2.05) is 0 Å². The summed E-state index contributed by atoms with van der Waals surface area (Å²) in [6.07, 6.45) is -0.0817. The summed E-state index contributed by atoms with van der Waals surface area (Å²) in [5, 5.41) is 0. The molecule has 1 aromatic rings. The summed E-state index contributed by atoms with van der Waals surface area (Å²) >= 11 is 0. The highest BCUT2D eigenvalue weighted by molar-refractivity contribution is 5.99. The number of ether oxygens (including phenoxy) is 1. The molecular weight excluding hydrogens is 208 g/mol. The van der Waals surface area contributed by atoms with Crippen LogP contribution in [0, 0.1) is 0 Å². The van der Waals surface area contributed by atoms with Gasteiger partial charge < -0.3 is 16.2 Å². The van der Waals surface area contributed by atoms with Gasteiger partial charge in [-0.3, -0.25) is 9.59 Å². The Morgan fingerprint density at radius 2 is 1.88 bits per heavy atom. The first kappa shape index (κ1) is 12.2. The average Bonchev–Trinajstić information content (AvgIpc) is 2.28. The second-order valence-electron chi connectivity index (χ2n) is 3.36. The van der Waals surface area contributed by atoms with E-state index in [-0.39, 0.29) is 12.2 Å². The number of carbonyl (C=O) groups is 2. The first-order valence-electron chi connectivity index (χ1n) is 4.76. The molecular formula is C11H14N2O3. The van der Waals surface area contributed by atoms with Crippen LogP contribution in [-0.2, 0) is 4.79 Å². The van der Waals surface area contributed by atoms with Gasteiger partial charge >= 0.3 is 0 Å². The summed E-state index contributed by atoms with van der Waals surface area (Å²) in [4.78, 5) is 22.3. The predicted molar refractivity (Wildman–Crippen MR) is 59.1 cm³/mol. The van der Waals surface area contributed by atoms with Crippen molar-refractivity contribution in [1.82, 2.24) is 0 Å². The molecule has 1 rings (SSSR count). The van der Waals surface area contributed by atoms with Gasteiger partial charge in [0.05, 0.1) is 13.2 Å². The summed E-state index contributed by atoms with van der Waals surface area (Å²) < 4.78 is 4.96. The fourth-order valence-electron chi connectivity index (χ4n) is 1.20. The van der Waals surface area contributed by atoms with Gasteiger partial charge in [-0.05, 0) is 24.3 Å².